The van der Waals surface area contributed by atoms with E-state index in [4.69, 9.17) is 0 Å². The van der Waals surface area contributed by atoms with Crippen molar-refractivity contribution >= 4 is 11.8 Å². The van der Waals surface area contributed by atoms with Gasteiger partial charge < -0.3 is 0 Å². The van der Waals surface area contributed by atoms with Gasteiger partial charge in [0.25, 0.3) is 0 Å². The zero-order valence-corrected chi connectivity index (χ0v) is 6.58. The second kappa shape index (κ2) is 3.78. The van der Waals surface area contributed by atoms with Crippen LogP contribution in [-0.4, -0.2) is 12.0 Å². The summed E-state index contributed by atoms with van der Waals surface area (Å²) >= 11 is 1.91. The maximum absolute atomic E-state index is 2.30. The largest absolute Gasteiger partial charge is 0.165 e. The topological polar surface area (TPSA) is 0 Å². The van der Waals surface area contributed by atoms with E-state index < -0.39 is 0 Å². The number of hydrogen-bond donors (Lipinski definition) is 0. The Labute approximate surface area is 61.0 Å². The minimum absolute atomic E-state index is 1.16. The maximum atomic E-state index is 2.30. The van der Waals surface area contributed by atoms with Gasteiger partial charge in [0.15, 0.2) is 0 Å². The van der Waals surface area contributed by atoms with Crippen molar-refractivity contribution in [3.63, 3.8) is 0 Å². The minimum Gasteiger partial charge on any atom is -0.165 e. The maximum Gasteiger partial charge on any atom is -0.00299 e. The number of rotatable bonds is 3. The lowest BCUT2D eigenvalue weighted by atomic mass is 10.2. The summed E-state index contributed by atoms with van der Waals surface area (Å²) in [5.41, 5.74) is 1.52. The Morgan fingerprint density at radius 2 is 2.56 bits per heavy atom. The lowest BCUT2D eigenvalue weighted by molar-refractivity contribution is 1.17. The van der Waals surface area contributed by atoms with Crippen molar-refractivity contribution in [3.05, 3.63) is 23.8 Å². The molecule has 0 spiro atoms. The Morgan fingerprint density at radius 1 is 1.67 bits per heavy atom. The predicted molar refractivity (Wildman–Crippen MR) is 44.8 cm³/mol. The van der Waals surface area contributed by atoms with Crippen LogP contribution in [0.3, 0.4) is 0 Å². The fraction of sp³-hybridized carbons (Fsp3) is 0.500. The van der Waals surface area contributed by atoms with E-state index in [2.05, 4.69) is 24.5 Å². The SMILES string of the molecule is CSCCC1=CCC=C1. The average Bonchev–Trinajstić information content (AvgIpc) is 2.34. The monoisotopic (exact) mass is 140 g/mol. The van der Waals surface area contributed by atoms with Gasteiger partial charge in [-0.2, -0.15) is 11.8 Å². The third-order valence-corrected chi connectivity index (χ3v) is 2.06. The highest BCUT2D eigenvalue weighted by atomic mass is 32.2. The predicted octanol–water partition coefficient (Wildman–Crippen LogP) is 2.63. The van der Waals surface area contributed by atoms with Gasteiger partial charge in [0, 0.05) is 0 Å². The molecule has 0 saturated carbocycles. The summed E-state index contributed by atoms with van der Waals surface area (Å²) in [6.45, 7) is 0. The Morgan fingerprint density at radius 3 is 3.11 bits per heavy atom. The van der Waals surface area contributed by atoms with E-state index in [1.807, 2.05) is 11.8 Å². The second-order valence-electron chi connectivity index (χ2n) is 2.16. The van der Waals surface area contributed by atoms with E-state index in [0.29, 0.717) is 0 Å². The van der Waals surface area contributed by atoms with Crippen molar-refractivity contribution in [1.82, 2.24) is 0 Å². The minimum atomic E-state index is 1.16. The van der Waals surface area contributed by atoms with E-state index >= 15 is 0 Å². The van der Waals surface area contributed by atoms with Crippen LogP contribution >= 0.6 is 11.8 Å². The van der Waals surface area contributed by atoms with E-state index in [1.165, 1.54) is 17.7 Å². The van der Waals surface area contributed by atoms with Crippen LogP contribution in [0.15, 0.2) is 23.8 Å². The molecule has 0 aromatic carbocycles. The van der Waals surface area contributed by atoms with E-state index in [0.717, 1.165) is 6.42 Å². The normalized spacial score (nSPS) is 16.3. The fourth-order valence-electron chi connectivity index (χ4n) is 0.912. The highest BCUT2D eigenvalue weighted by Gasteiger charge is 1.94. The lowest BCUT2D eigenvalue weighted by Crippen LogP contribution is -1.78. The first kappa shape index (κ1) is 6.94. The molecule has 0 unspecified atom stereocenters. The van der Waals surface area contributed by atoms with Crippen LogP contribution in [-0.2, 0) is 0 Å². The Hall–Kier alpha value is -0.170. The number of hydrogen-bond acceptors (Lipinski definition) is 1. The Balaban J connectivity index is 2.19. The zero-order valence-electron chi connectivity index (χ0n) is 5.76. The molecule has 0 radical (unpaired) electrons. The van der Waals surface area contributed by atoms with Crippen molar-refractivity contribution in [1.29, 1.82) is 0 Å². The lowest BCUT2D eigenvalue weighted by Gasteiger charge is -1.94. The van der Waals surface area contributed by atoms with Crippen molar-refractivity contribution < 1.29 is 0 Å². The fourth-order valence-corrected chi connectivity index (χ4v) is 1.35. The smallest absolute Gasteiger partial charge is 0.00299 e. The van der Waals surface area contributed by atoms with Gasteiger partial charge in [-0.25, -0.2) is 0 Å². The second-order valence-corrected chi connectivity index (χ2v) is 3.15. The molecule has 0 aliphatic heterocycles. The van der Waals surface area contributed by atoms with Gasteiger partial charge in [-0.1, -0.05) is 23.8 Å². The molecular formula is C8H12S. The van der Waals surface area contributed by atoms with Crippen LogP contribution in [0.4, 0.5) is 0 Å². The summed E-state index contributed by atoms with van der Waals surface area (Å²) in [5.74, 6) is 1.26. The van der Waals surface area contributed by atoms with Gasteiger partial charge in [0.05, 0.1) is 0 Å². The van der Waals surface area contributed by atoms with Gasteiger partial charge in [-0.15, -0.1) is 0 Å². The summed E-state index contributed by atoms with van der Waals surface area (Å²) in [4.78, 5) is 0. The number of thioether (sulfide) groups is 1. The van der Waals surface area contributed by atoms with Crippen LogP contribution < -0.4 is 0 Å². The zero-order chi connectivity index (χ0) is 6.53. The summed E-state index contributed by atoms with van der Waals surface area (Å²) in [6, 6.07) is 0. The molecule has 0 nitrogen and oxygen atoms in total. The first-order valence-corrected chi connectivity index (χ1v) is 4.67. The van der Waals surface area contributed by atoms with Crippen molar-refractivity contribution in [2.24, 2.45) is 0 Å². The Kier molecular flexibility index (Phi) is 2.92. The van der Waals surface area contributed by atoms with E-state index in [1.54, 1.807) is 0 Å². The summed E-state index contributed by atoms with van der Waals surface area (Å²) < 4.78 is 0. The molecule has 0 N–H and O–H groups in total. The molecule has 0 aromatic heterocycles. The van der Waals surface area contributed by atoms with Gasteiger partial charge in [0.1, 0.15) is 0 Å². The summed E-state index contributed by atoms with van der Waals surface area (Å²) in [5, 5.41) is 0. The highest BCUT2D eigenvalue weighted by molar-refractivity contribution is 7.98. The van der Waals surface area contributed by atoms with Crippen molar-refractivity contribution in [3.8, 4) is 0 Å². The molecule has 0 amide bonds. The van der Waals surface area contributed by atoms with Gasteiger partial charge in [-0.05, 0) is 24.9 Å². The van der Waals surface area contributed by atoms with Crippen LogP contribution in [0.5, 0.6) is 0 Å². The van der Waals surface area contributed by atoms with Crippen LogP contribution in [0, 0.1) is 0 Å². The molecule has 50 valence electrons. The summed E-state index contributed by atoms with van der Waals surface area (Å²) in [7, 11) is 0. The molecule has 0 heterocycles. The molecule has 0 bridgehead atoms. The molecule has 1 aliphatic rings. The molecule has 0 saturated heterocycles. The molecule has 0 fully saturated rings. The van der Waals surface area contributed by atoms with E-state index in [9.17, 15) is 0 Å². The highest BCUT2D eigenvalue weighted by Crippen LogP contribution is 2.14. The van der Waals surface area contributed by atoms with Crippen LogP contribution in [0.2, 0.25) is 0 Å². The molecule has 1 aliphatic carbocycles. The quantitative estimate of drug-likeness (QED) is 0.580. The first-order chi connectivity index (χ1) is 4.43. The van der Waals surface area contributed by atoms with Crippen LogP contribution in [0.1, 0.15) is 12.8 Å². The van der Waals surface area contributed by atoms with Crippen LogP contribution in [0.25, 0.3) is 0 Å². The third-order valence-electron chi connectivity index (χ3n) is 1.44. The molecule has 1 heteroatoms. The van der Waals surface area contributed by atoms with Crippen molar-refractivity contribution in [2.45, 2.75) is 12.8 Å². The van der Waals surface area contributed by atoms with Gasteiger partial charge >= 0.3 is 0 Å². The number of allylic oxidation sites excluding steroid dienone is 4. The third kappa shape index (κ3) is 2.27. The Bertz CT molecular complexity index is 134. The molecule has 0 atom stereocenters. The van der Waals surface area contributed by atoms with Crippen molar-refractivity contribution in [2.75, 3.05) is 12.0 Å². The molecule has 0 aromatic rings. The van der Waals surface area contributed by atoms with Gasteiger partial charge in [-0.3, -0.25) is 0 Å². The standard InChI is InChI=1S/C8H12S/c1-9-7-6-8-4-2-3-5-8/h2,4-5H,3,6-7H2,1H3. The van der Waals surface area contributed by atoms with E-state index in [-0.39, 0.29) is 0 Å². The summed E-state index contributed by atoms with van der Waals surface area (Å²) in [6.07, 6.45) is 11.3. The average molecular weight is 140 g/mol. The molecule has 1 rings (SSSR count). The molecule has 9 heavy (non-hydrogen) atoms. The van der Waals surface area contributed by atoms with Gasteiger partial charge in [0.2, 0.25) is 0 Å². The first-order valence-electron chi connectivity index (χ1n) is 3.28. The molecular weight excluding hydrogens is 128 g/mol.